The van der Waals surface area contributed by atoms with Gasteiger partial charge in [0.15, 0.2) is 15.2 Å². The van der Waals surface area contributed by atoms with E-state index in [-0.39, 0.29) is 34.7 Å². The number of aromatic nitrogens is 3. The minimum Gasteiger partial charge on any atom is -0.477 e. The lowest BCUT2D eigenvalue weighted by atomic mass is 10.0. The Labute approximate surface area is 214 Å². The normalized spacial score (nSPS) is 20.1. The van der Waals surface area contributed by atoms with Crippen molar-refractivity contribution in [1.29, 1.82) is 0 Å². The van der Waals surface area contributed by atoms with Crippen LogP contribution in [0.2, 0.25) is 0 Å². The molecule has 1 fully saturated rings. The number of amides is 2. The number of carboxylic acids is 1. The molecule has 17 heteroatoms. The minimum atomic E-state index is -1.20. The fourth-order valence-electron chi connectivity index (χ4n) is 3.12. The first-order valence-corrected chi connectivity index (χ1v) is 13.8. The molecule has 4 N–H and O–H groups in total. The summed E-state index contributed by atoms with van der Waals surface area (Å²) in [7, 11) is 0. The van der Waals surface area contributed by atoms with Crippen LogP contribution in [0.5, 0.6) is 0 Å². The van der Waals surface area contributed by atoms with Crippen LogP contribution in [0.1, 0.15) is 5.69 Å². The molecule has 1 saturated heterocycles. The van der Waals surface area contributed by atoms with E-state index < -0.39 is 29.2 Å². The lowest BCUT2D eigenvalue weighted by Crippen LogP contribution is -2.71. The fourth-order valence-corrected chi connectivity index (χ4v) is 6.71. The third-order valence-corrected chi connectivity index (χ3v) is 8.66. The van der Waals surface area contributed by atoms with E-state index in [4.69, 9.17) is 22.2 Å². The Hall–Kier alpha value is -2.40. The molecule has 34 heavy (non-hydrogen) atoms. The van der Waals surface area contributed by atoms with E-state index in [1.807, 2.05) is 0 Å². The Kier molecular flexibility index (Phi) is 7.92. The maximum atomic E-state index is 12.9. The van der Waals surface area contributed by atoms with Gasteiger partial charge in [-0.3, -0.25) is 14.5 Å². The van der Waals surface area contributed by atoms with Crippen LogP contribution >= 0.6 is 57.8 Å². The van der Waals surface area contributed by atoms with Crippen molar-refractivity contribution >= 4 is 86.4 Å². The van der Waals surface area contributed by atoms with E-state index in [2.05, 4.69) is 25.7 Å². The molecule has 0 bridgehead atoms. The van der Waals surface area contributed by atoms with Gasteiger partial charge in [0.25, 0.3) is 11.8 Å². The molecule has 2 aromatic heterocycles. The molecular weight excluding hydrogens is 546 g/mol. The number of anilines is 1. The van der Waals surface area contributed by atoms with Gasteiger partial charge in [-0.15, -0.1) is 44.9 Å². The van der Waals surface area contributed by atoms with Gasteiger partial charge in [0.1, 0.15) is 34.9 Å². The number of β-lactam (4-membered cyclic amide) rings is 1. The van der Waals surface area contributed by atoms with E-state index in [9.17, 15) is 19.5 Å². The van der Waals surface area contributed by atoms with Gasteiger partial charge in [0.05, 0.1) is 5.88 Å². The zero-order chi connectivity index (χ0) is 24.2. The van der Waals surface area contributed by atoms with Crippen LogP contribution in [0.4, 0.5) is 5.13 Å². The van der Waals surface area contributed by atoms with Crippen LogP contribution in [0, 0.1) is 0 Å². The molecule has 2 atom stereocenters. The molecule has 2 aliphatic heterocycles. The number of nitrogens with two attached hydrogens (primary N) is 1. The number of hydrogen-bond acceptors (Lipinski definition) is 13. The molecule has 0 aliphatic carbocycles. The summed E-state index contributed by atoms with van der Waals surface area (Å²) in [6.45, 7) is 0.0666. The SMILES string of the molecule is Nc1nc(/C(=N/OCCCl)C(=O)NC2C(=O)N3C(C(=O)O)=C(CSc4nncs4)CS[C@H]23)cs1. The van der Waals surface area contributed by atoms with Crippen molar-refractivity contribution in [2.45, 2.75) is 15.8 Å². The molecule has 0 saturated carbocycles. The van der Waals surface area contributed by atoms with Gasteiger partial charge < -0.3 is 21.0 Å². The second kappa shape index (κ2) is 10.9. The molecular formula is C17H16ClN7O5S4. The largest absolute Gasteiger partial charge is 0.477 e. The van der Waals surface area contributed by atoms with Crippen LogP contribution in [-0.2, 0) is 19.2 Å². The smallest absolute Gasteiger partial charge is 0.352 e. The molecule has 180 valence electrons. The Morgan fingerprint density at radius 2 is 2.26 bits per heavy atom. The number of alkyl halides is 1. The second-order valence-electron chi connectivity index (χ2n) is 6.64. The van der Waals surface area contributed by atoms with E-state index >= 15 is 0 Å². The molecule has 2 aliphatic rings. The quantitative estimate of drug-likeness (QED) is 0.0945. The van der Waals surface area contributed by atoms with Gasteiger partial charge in [0.2, 0.25) is 0 Å². The molecule has 4 heterocycles. The zero-order valence-electron chi connectivity index (χ0n) is 17.0. The summed E-state index contributed by atoms with van der Waals surface area (Å²) in [6.07, 6.45) is 0. The second-order valence-corrected chi connectivity index (χ2v) is 11.1. The molecule has 1 unspecified atom stereocenters. The van der Waals surface area contributed by atoms with E-state index in [1.54, 1.807) is 5.51 Å². The number of aliphatic carboxylic acids is 1. The van der Waals surface area contributed by atoms with Crippen molar-refractivity contribution in [3.05, 3.63) is 27.9 Å². The summed E-state index contributed by atoms with van der Waals surface area (Å²) >= 11 is 10.8. The Morgan fingerprint density at radius 1 is 1.44 bits per heavy atom. The number of oxime groups is 1. The first kappa shape index (κ1) is 24.7. The number of fused-ring (bicyclic) bond motifs is 1. The Balaban J connectivity index is 1.49. The number of nitrogen functional groups attached to an aromatic ring is 1. The van der Waals surface area contributed by atoms with Crippen molar-refractivity contribution in [1.82, 2.24) is 25.4 Å². The Bertz CT molecular complexity index is 1160. The van der Waals surface area contributed by atoms with Crippen LogP contribution < -0.4 is 11.1 Å². The number of hydrogen-bond donors (Lipinski definition) is 3. The number of thioether (sulfide) groups is 2. The molecule has 2 aromatic rings. The van der Waals surface area contributed by atoms with Gasteiger partial charge >= 0.3 is 5.97 Å². The zero-order valence-corrected chi connectivity index (χ0v) is 21.1. The summed E-state index contributed by atoms with van der Waals surface area (Å²) in [5, 5.41) is 25.1. The molecule has 0 aromatic carbocycles. The van der Waals surface area contributed by atoms with Gasteiger partial charge in [-0.25, -0.2) is 9.78 Å². The van der Waals surface area contributed by atoms with Crippen molar-refractivity contribution < 1.29 is 24.3 Å². The number of carboxylic acid groups (broad SMARTS) is 1. The standard InChI is InChI=1S/C17H16ClN7O5S4/c18-1-2-30-24-9(8-5-32-16(19)21-8)12(26)22-10-13(27)25-11(15(28)29)7(3-31-14(10)25)4-33-17-23-20-6-34-17/h5-6,10,14H,1-4H2,(H2,19,21)(H,22,26)(H,28,29)/b24-9-/t10?,14-/m1/s1. The van der Waals surface area contributed by atoms with Crippen LogP contribution in [-0.4, -0.2) is 84.1 Å². The highest BCUT2D eigenvalue weighted by Crippen LogP contribution is 2.41. The number of nitrogens with one attached hydrogen (secondary N) is 1. The predicted octanol–water partition coefficient (Wildman–Crippen LogP) is 1.07. The number of carbonyl (C=O) groups excluding carboxylic acids is 2. The number of halogens is 1. The summed E-state index contributed by atoms with van der Waals surface area (Å²) < 4.78 is 0.704. The maximum absolute atomic E-state index is 12.9. The molecule has 0 spiro atoms. The monoisotopic (exact) mass is 561 g/mol. The van der Waals surface area contributed by atoms with Crippen molar-refractivity contribution in [2.75, 3.05) is 29.7 Å². The molecule has 4 rings (SSSR count). The highest BCUT2D eigenvalue weighted by molar-refractivity contribution is 8.01. The Morgan fingerprint density at radius 3 is 2.91 bits per heavy atom. The van der Waals surface area contributed by atoms with Crippen molar-refractivity contribution in [3.8, 4) is 0 Å². The van der Waals surface area contributed by atoms with Crippen LogP contribution in [0.25, 0.3) is 0 Å². The highest BCUT2D eigenvalue weighted by Gasteiger charge is 2.54. The fraction of sp³-hybridized carbons (Fsp3) is 0.353. The predicted molar refractivity (Wildman–Crippen MR) is 130 cm³/mol. The topological polar surface area (TPSA) is 173 Å². The minimum absolute atomic E-state index is 0.0666. The van der Waals surface area contributed by atoms with E-state index in [0.717, 1.165) is 11.3 Å². The number of thiazole rings is 1. The average molecular weight is 562 g/mol. The third-order valence-electron chi connectivity index (χ3n) is 4.55. The van der Waals surface area contributed by atoms with Gasteiger partial charge in [-0.2, -0.15) is 0 Å². The lowest BCUT2D eigenvalue weighted by molar-refractivity contribution is -0.150. The van der Waals surface area contributed by atoms with Gasteiger partial charge in [-0.05, 0) is 5.57 Å². The number of carbonyl (C=O) groups is 3. The molecule has 12 nitrogen and oxygen atoms in total. The van der Waals surface area contributed by atoms with Crippen molar-refractivity contribution in [3.63, 3.8) is 0 Å². The first-order chi connectivity index (χ1) is 16.4. The third kappa shape index (κ3) is 5.14. The van der Waals surface area contributed by atoms with Gasteiger partial charge in [-0.1, -0.05) is 28.3 Å². The summed E-state index contributed by atoms with van der Waals surface area (Å²) in [5.41, 5.74) is 7.81. The summed E-state index contributed by atoms with van der Waals surface area (Å²) in [4.78, 5) is 48.1. The van der Waals surface area contributed by atoms with E-state index in [0.29, 0.717) is 21.4 Å². The number of rotatable bonds is 10. The maximum Gasteiger partial charge on any atom is 0.352 e. The van der Waals surface area contributed by atoms with E-state index in [1.165, 1.54) is 45.1 Å². The van der Waals surface area contributed by atoms with Crippen LogP contribution in [0.3, 0.4) is 0 Å². The summed E-state index contributed by atoms with van der Waals surface area (Å²) in [6, 6.07) is -0.932. The molecule has 0 radical (unpaired) electrons. The van der Waals surface area contributed by atoms with Crippen LogP contribution in [0.15, 0.2) is 31.7 Å². The lowest BCUT2D eigenvalue weighted by Gasteiger charge is -2.49. The van der Waals surface area contributed by atoms with Crippen molar-refractivity contribution in [2.24, 2.45) is 5.16 Å². The number of nitrogens with zero attached hydrogens (tertiary/aromatic N) is 5. The average Bonchev–Trinajstić information content (AvgIpc) is 3.49. The summed E-state index contributed by atoms with van der Waals surface area (Å²) in [5.74, 6) is -1.52. The van der Waals surface area contributed by atoms with Gasteiger partial charge in [0, 0.05) is 16.9 Å². The first-order valence-electron chi connectivity index (χ1n) is 9.47. The molecule has 2 amide bonds. The highest BCUT2D eigenvalue weighted by atomic mass is 35.5.